The van der Waals surface area contributed by atoms with E-state index < -0.39 is 0 Å². The molecule has 6 nitrogen and oxygen atoms in total. The summed E-state index contributed by atoms with van der Waals surface area (Å²) < 4.78 is 1.77. The van der Waals surface area contributed by atoms with E-state index in [-0.39, 0.29) is 10.6 Å². The van der Waals surface area contributed by atoms with Crippen molar-refractivity contribution in [3.05, 3.63) is 50.8 Å². The highest BCUT2D eigenvalue weighted by Crippen LogP contribution is 2.28. The van der Waals surface area contributed by atoms with Crippen LogP contribution in [0.15, 0.2) is 18.2 Å². The van der Waals surface area contributed by atoms with E-state index in [1.807, 2.05) is 13.0 Å². The monoisotopic (exact) mass is 286 g/mol. The minimum Gasteiger partial charge on any atom is -0.312 e. The molecule has 0 saturated carbocycles. The van der Waals surface area contributed by atoms with Crippen LogP contribution in [0.25, 0.3) is 5.69 Å². The Labute approximate surface area is 122 Å². The van der Waals surface area contributed by atoms with E-state index >= 15 is 0 Å². The van der Waals surface area contributed by atoms with E-state index in [2.05, 4.69) is 17.3 Å². The lowest BCUT2D eigenvalue weighted by Crippen LogP contribution is -2.25. The second kappa shape index (κ2) is 5.29. The third-order valence-electron chi connectivity index (χ3n) is 3.90. The molecule has 1 aliphatic rings. The van der Waals surface area contributed by atoms with Gasteiger partial charge in [0.1, 0.15) is 5.69 Å². The largest absolute Gasteiger partial charge is 0.312 e. The Bertz CT molecular complexity index is 706. The van der Waals surface area contributed by atoms with Gasteiger partial charge in [0.05, 0.1) is 16.3 Å². The number of nitro groups is 1. The summed E-state index contributed by atoms with van der Waals surface area (Å²) in [5, 5.41) is 19.3. The maximum Gasteiger partial charge on any atom is 0.295 e. The Morgan fingerprint density at radius 2 is 2.29 bits per heavy atom. The summed E-state index contributed by atoms with van der Waals surface area (Å²) >= 11 is 0. The van der Waals surface area contributed by atoms with Gasteiger partial charge in [-0.2, -0.15) is 5.10 Å². The van der Waals surface area contributed by atoms with Crippen LogP contribution in [0.5, 0.6) is 0 Å². The fraction of sp³-hybridized carbons (Fsp3) is 0.400. The second-order valence-electron chi connectivity index (χ2n) is 5.31. The highest BCUT2D eigenvalue weighted by molar-refractivity contribution is 5.55. The Hall–Kier alpha value is -2.21. The Kier molecular flexibility index (Phi) is 3.47. The van der Waals surface area contributed by atoms with Crippen LogP contribution in [0.2, 0.25) is 0 Å². The SMILES string of the molecule is CCc1nn(-c2ccc(C)cc2[N+](=O)[O-])c2c1CNCC2. The van der Waals surface area contributed by atoms with Gasteiger partial charge < -0.3 is 5.32 Å². The minimum absolute atomic E-state index is 0.112. The molecular weight excluding hydrogens is 268 g/mol. The molecule has 3 rings (SSSR count). The zero-order valence-corrected chi connectivity index (χ0v) is 12.2. The van der Waals surface area contributed by atoms with Gasteiger partial charge in [-0.3, -0.25) is 10.1 Å². The number of aryl methyl sites for hydroxylation is 2. The van der Waals surface area contributed by atoms with Crippen molar-refractivity contribution in [1.29, 1.82) is 0 Å². The van der Waals surface area contributed by atoms with E-state index in [1.54, 1.807) is 16.8 Å². The predicted molar refractivity (Wildman–Crippen MR) is 79.7 cm³/mol. The lowest BCUT2D eigenvalue weighted by atomic mass is 10.1. The quantitative estimate of drug-likeness (QED) is 0.694. The molecule has 0 radical (unpaired) electrons. The van der Waals surface area contributed by atoms with E-state index in [0.717, 1.165) is 42.9 Å². The molecule has 0 aliphatic carbocycles. The lowest BCUT2D eigenvalue weighted by Gasteiger charge is -2.15. The van der Waals surface area contributed by atoms with Gasteiger partial charge in [-0.15, -0.1) is 0 Å². The first-order chi connectivity index (χ1) is 10.1. The molecule has 0 amide bonds. The first-order valence-corrected chi connectivity index (χ1v) is 7.17. The van der Waals surface area contributed by atoms with Gasteiger partial charge in [-0.1, -0.05) is 13.0 Å². The number of hydrogen-bond acceptors (Lipinski definition) is 4. The van der Waals surface area contributed by atoms with E-state index in [0.29, 0.717) is 5.69 Å². The molecule has 0 fully saturated rings. The second-order valence-corrected chi connectivity index (χ2v) is 5.31. The highest BCUT2D eigenvalue weighted by atomic mass is 16.6. The predicted octanol–water partition coefficient (Wildman–Crippen LogP) is 2.30. The molecule has 21 heavy (non-hydrogen) atoms. The molecule has 110 valence electrons. The molecule has 0 unspecified atom stereocenters. The number of benzene rings is 1. The smallest absolute Gasteiger partial charge is 0.295 e. The fourth-order valence-corrected chi connectivity index (χ4v) is 2.86. The summed E-state index contributed by atoms with van der Waals surface area (Å²) in [6.07, 6.45) is 1.67. The van der Waals surface area contributed by atoms with Crippen molar-refractivity contribution >= 4 is 5.69 Å². The Morgan fingerprint density at radius 1 is 1.48 bits per heavy atom. The lowest BCUT2D eigenvalue weighted by molar-refractivity contribution is -0.384. The number of aromatic nitrogens is 2. The van der Waals surface area contributed by atoms with Gasteiger partial charge in [0.25, 0.3) is 5.69 Å². The van der Waals surface area contributed by atoms with Gasteiger partial charge in [0, 0.05) is 31.1 Å². The van der Waals surface area contributed by atoms with Crippen LogP contribution in [-0.2, 0) is 19.4 Å². The van der Waals surface area contributed by atoms with Crippen molar-refractivity contribution in [2.24, 2.45) is 0 Å². The summed E-state index contributed by atoms with van der Waals surface area (Å²) in [4.78, 5) is 11.0. The van der Waals surface area contributed by atoms with Gasteiger partial charge in [0.15, 0.2) is 0 Å². The maximum atomic E-state index is 11.3. The van der Waals surface area contributed by atoms with Gasteiger partial charge in [-0.05, 0) is 25.0 Å². The average Bonchev–Trinajstić information content (AvgIpc) is 2.86. The van der Waals surface area contributed by atoms with Crippen molar-refractivity contribution in [3.63, 3.8) is 0 Å². The summed E-state index contributed by atoms with van der Waals surface area (Å²) in [5.41, 5.74) is 4.86. The summed E-state index contributed by atoms with van der Waals surface area (Å²) in [7, 11) is 0. The first-order valence-electron chi connectivity index (χ1n) is 7.17. The van der Waals surface area contributed by atoms with E-state index in [1.165, 1.54) is 5.56 Å². The van der Waals surface area contributed by atoms with Gasteiger partial charge >= 0.3 is 0 Å². The molecule has 2 heterocycles. The zero-order valence-electron chi connectivity index (χ0n) is 12.2. The van der Waals surface area contributed by atoms with E-state index in [4.69, 9.17) is 0 Å². The van der Waals surface area contributed by atoms with Crippen LogP contribution >= 0.6 is 0 Å². The topological polar surface area (TPSA) is 73.0 Å². The van der Waals surface area contributed by atoms with Gasteiger partial charge in [-0.25, -0.2) is 4.68 Å². The van der Waals surface area contributed by atoms with Crippen molar-refractivity contribution in [2.75, 3.05) is 6.54 Å². The van der Waals surface area contributed by atoms with Crippen molar-refractivity contribution < 1.29 is 4.92 Å². The fourth-order valence-electron chi connectivity index (χ4n) is 2.86. The number of nitrogens with one attached hydrogen (secondary N) is 1. The summed E-state index contributed by atoms with van der Waals surface area (Å²) in [6.45, 7) is 5.58. The molecule has 0 saturated heterocycles. The third-order valence-corrected chi connectivity index (χ3v) is 3.90. The molecule has 2 aromatic rings. The van der Waals surface area contributed by atoms with Crippen LogP contribution in [0.4, 0.5) is 5.69 Å². The number of rotatable bonds is 3. The molecule has 1 aromatic carbocycles. The summed E-state index contributed by atoms with van der Waals surface area (Å²) in [5.74, 6) is 0. The number of nitrogens with zero attached hydrogens (tertiary/aromatic N) is 3. The molecule has 0 spiro atoms. The van der Waals surface area contributed by atoms with Crippen molar-refractivity contribution in [1.82, 2.24) is 15.1 Å². The normalized spacial score (nSPS) is 14.0. The minimum atomic E-state index is -0.330. The van der Waals surface area contributed by atoms with Crippen LogP contribution in [0.1, 0.15) is 29.4 Å². The van der Waals surface area contributed by atoms with Crippen LogP contribution in [0.3, 0.4) is 0 Å². The number of fused-ring (bicyclic) bond motifs is 1. The van der Waals surface area contributed by atoms with Crippen molar-refractivity contribution in [2.45, 2.75) is 33.2 Å². The number of hydrogen-bond donors (Lipinski definition) is 1. The van der Waals surface area contributed by atoms with Crippen LogP contribution in [0, 0.1) is 17.0 Å². The first kappa shape index (κ1) is 13.8. The van der Waals surface area contributed by atoms with Crippen LogP contribution < -0.4 is 5.32 Å². The molecular formula is C15H18N4O2. The molecule has 0 atom stereocenters. The number of nitro benzene ring substituents is 1. The highest BCUT2D eigenvalue weighted by Gasteiger charge is 2.24. The standard InChI is InChI=1S/C15H18N4O2/c1-3-12-11-9-16-7-6-13(11)18(17-12)14-5-4-10(2)8-15(14)19(20)21/h4-5,8,16H,3,6-7,9H2,1-2H3. The van der Waals surface area contributed by atoms with Crippen molar-refractivity contribution in [3.8, 4) is 5.69 Å². The van der Waals surface area contributed by atoms with E-state index in [9.17, 15) is 10.1 Å². The third kappa shape index (κ3) is 2.31. The average molecular weight is 286 g/mol. The Morgan fingerprint density at radius 3 is 3.00 bits per heavy atom. The van der Waals surface area contributed by atoms with Gasteiger partial charge in [0.2, 0.25) is 0 Å². The molecule has 1 aromatic heterocycles. The zero-order chi connectivity index (χ0) is 15.0. The summed E-state index contributed by atoms with van der Waals surface area (Å²) in [6, 6.07) is 5.29. The molecule has 6 heteroatoms. The maximum absolute atomic E-state index is 11.3. The Balaban J connectivity index is 2.21. The van der Waals surface area contributed by atoms with Crippen LogP contribution in [-0.4, -0.2) is 21.2 Å². The molecule has 1 N–H and O–H groups in total. The molecule has 0 bridgehead atoms. The molecule has 1 aliphatic heterocycles.